The molecule has 0 saturated heterocycles. The van der Waals surface area contributed by atoms with Crippen molar-refractivity contribution < 1.29 is 4.74 Å². The Morgan fingerprint density at radius 2 is 2.29 bits per heavy atom. The number of nitrogens with one attached hydrogen (secondary N) is 1. The van der Waals surface area contributed by atoms with E-state index in [1.165, 1.54) is 0 Å². The number of rotatable bonds is 5. The molecule has 0 bridgehead atoms. The number of ether oxygens (including phenoxy) is 1. The number of methoxy groups -OCH3 is 1. The summed E-state index contributed by atoms with van der Waals surface area (Å²) in [5, 5.41) is 3.36. The van der Waals surface area contributed by atoms with Crippen LogP contribution in [0.4, 0.5) is 5.69 Å². The van der Waals surface area contributed by atoms with Crippen LogP contribution in [0.5, 0.6) is 0 Å². The molecule has 3 heteroatoms. The van der Waals surface area contributed by atoms with Gasteiger partial charge >= 0.3 is 0 Å². The van der Waals surface area contributed by atoms with Crippen molar-refractivity contribution in [1.29, 1.82) is 0 Å². The first-order chi connectivity index (χ1) is 6.72. The van der Waals surface area contributed by atoms with Crippen LogP contribution in [0.1, 0.15) is 19.0 Å². The summed E-state index contributed by atoms with van der Waals surface area (Å²) >= 11 is 0. The minimum absolute atomic E-state index is 0.416. The van der Waals surface area contributed by atoms with Gasteiger partial charge in [-0.15, -0.1) is 0 Å². The van der Waals surface area contributed by atoms with Gasteiger partial charge in [-0.1, -0.05) is 0 Å². The van der Waals surface area contributed by atoms with Crippen molar-refractivity contribution in [2.45, 2.75) is 26.3 Å². The summed E-state index contributed by atoms with van der Waals surface area (Å²) in [6.45, 7) is 4.91. The third-order valence-electron chi connectivity index (χ3n) is 2.08. The Morgan fingerprint density at radius 3 is 2.86 bits per heavy atom. The summed E-state index contributed by atoms with van der Waals surface area (Å²) < 4.78 is 5.01. The van der Waals surface area contributed by atoms with Crippen molar-refractivity contribution in [3.05, 3.63) is 24.0 Å². The highest BCUT2D eigenvalue weighted by Gasteiger charge is 2.01. The normalized spacial score (nSPS) is 12.5. The zero-order chi connectivity index (χ0) is 10.4. The van der Waals surface area contributed by atoms with E-state index >= 15 is 0 Å². The topological polar surface area (TPSA) is 34.1 Å². The Balaban J connectivity index is 2.39. The molecule has 0 aliphatic rings. The average Bonchev–Trinajstić information content (AvgIpc) is 2.18. The Bertz CT molecular complexity index is 258. The maximum absolute atomic E-state index is 5.01. The molecule has 3 nitrogen and oxygen atoms in total. The molecule has 0 aliphatic heterocycles. The number of hydrogen-bond acceptors (Lipinski definition) is 3. The van der Waals surface area contributed by atoms with E-state index in [2.05, 4.69) is 17.2 Å². The van der Waals surface area contributed by atoms with Crippen molar-refractivity contribution >= 4 is 5.69 Å². The predicted molar refractivity (Wildman–Crippen MR) is 58.6 cm³/mol. The number of pyridine rings is 1. The molecular formula is C11H18N2O. The fourth-order valence-electron chi connectivity index (χ4n) is 1.20. The van der Waals surface area contributed by atoms with Gasteiger partial charge in [-0.2, -0.15) is 0 Å². The van der Waals surface area contributed by atoms with E-state index in [1.807, 2.05) is 25.3 Å². The number of aryl methyl sites for hydroxylation is 1. The van der Waals surface area contributed by atoms with Crippen molar-refractivity contribution in [2.75, 3.05) is 19.0 Å². The van der Waals surface area contributed by atoms with E-state index in [1.54, 1.807) is 7.11 Å². The van der Waals surface area contributed by atoms with Gasteiger partial charge in [0.15, 0.2) is 0 Å². The van der Waals surface area contributed by atoms with Gasteiger partial charge in [0.2, 0.25) is 0 Å². The van der Waals surface area contributed by atoms with Gasteiger partial charge in [-0.05, 0) is 32.4 Å². The maximum atomic E-state index is 5.01. The zero-order valence-corrected chi connectivity index (χ0v) is 9.08. The fraction of sp³-hybridized carbons (Fsp3) is 0.545. The quantitative estimate of drug-likeness (QED) is 0.780. The summed E-state index contributed by atoms with van der Waals surface area (Å²) in [5.74, 6) is 0. The SMILES string of the molecule is COCCC(C)Nc1ccc(C)nc1. The molecule has 1 N–H and O–H groups in total. The molecular weight excluding hydrogens is 176 g/mol. The first-order valence-electron chi connectivity index (χ1n) is 4.90. The molecule has 0 saturated carbocycles. The molecule has 0 aliphatic carbocycles. The van der Waals surface area contributed by atoms with Crippen LogP contribution in [0.2, 0.25) is 0 Å². The standard InChI is InChI=1S/C11H18N2O/c1-9-4-5-11(8-12-9)13-10(2)6-7-14-3/h4-5,8,10,13H,6-7H2,1-3H3. The van der Waals surface area contributed by atoms with Crippen molar-refractivity contribution in [1.82, 2.24) is 4.98 Å². The third kappa shape index (κ3) is 3.75. The molecule has 14 heavy (non-hydrogen) atoms. The molecule has 1 aromatic rings. The van der Waals surface area contributed by atoms with Crippen LogP contribution >= 0.6 is 0 Å². The molecule has 1 rings (SSSR count). The van der Waals surface area contributed by atoms with Gasteiger partial charge in [0, 0.05) is 25.5 Å². The van der Waals surface area contributed by atoms with Crippen LogP contribution < -0.4 is 5.32 Å². The molecule has 0 spiro atoms. The van der Waals surface area contributed by atoms with E-state index in [-0.39, 0.29) is 0 Å². The molecule has 1 unspecified atom stereocenters. The minimum Gasteiger partial charge on any atom is -0.385 e. The van der Waals surface area contributed by atoms with Crippen LogP contribution in [-0.4, -0.2) is 24.7 Å². The summed E-state index contributed by atoms with van der Waals surface area (Å²) in [4.78, 5) is 4.22. The van der Waals surface area contributed by atoms with Gasteiger partial charge in [0.1, 0.15) is 0 Å². The lowest BCUT2D eigenvalue weighted by molar-refractivity contribution is 0.191. The highest BCUT2D eigenvalue weighted by Crippen LogP contribution is 2.08. The van der Waals surface area contributed by atoms with Crippen molar-refractivity contribution in [2.24, 2.45) is 0 Å². The lowest BCUT2D eigenvalue weighted by Gasteiger charge is -2.14. The van der Waals surface area contributed by atoms with E-state index in [0.29, 0.717) is 6.04 Å². The Kier molecular flexibility index (Phi) is 4.40. The van der Waals surface area contributed by atoms with Crippen molar-refractivity contribution in [3.63, 3.8) is 0 Å². The summed E-state index contributed by atoms with van der Waals surface area (Å²) in [6, 6.07) is 4.47. The van der Waals surface area contributed by atoms with Crippen LogP contribution in [0, 0.1) is 6.92 Å². The summed E-state index contributed by atoms with van der Waals surface area (Å²) in [6.07, 6.45) is 2.86. The van der Waals surface area contributed by atoms with Crippen LogP contribution in [0.25, 0.3) is 0 Å². The molecule has 0 aromatic carbocycles. The molecule has 0 radical (unpaired) electrons. The molecule has 1 heterocycles. The smallest absolute Gasteiger partial charge is 0.0529 e. The Morgan fingerprint density at radius 1 is 1.50 bits per heavy atom. The molecule has 0 fully saturated rings. The van der Waals surface area contributed by atoms with Crippen molar-refractivity contribution in [3.8, 4) is 0 Å². The fourth-order valence-corrected chi connectivity index (χ4v) is 1.20. The lowest BCUT2D eigenvalue weighted by Crippen LogP contribution is -2.17. The Hall–Kier alpha value is -1.09. The van der Waals surface area contributed by atoms with E-state index in [9.17, 15) is 0 Å². The van der Waals surface area contributed by atoms with Crippen LogP contribution in [0.3, 0.4) is 0 Å². The summed E-state index contributed by atoms with van der Waals surface area (Å²) in [5.41, 5.74) is 2.11. The molecule has 0 amide bonds. The second-order valence-corrected chi connectivity index (χ2v) is 3.52. The minimum atomic E-state index is 0.416. The van der Waals surface area contributed by atoms with Crippen LogP contribution in [-0.2, 0) is 4.74 Å². The second kappa shape index (κ2) is 5.60. The van der Waals surface area contributed by atoms with Gasteiger partial charge in [-0.25, -0.2) is 0 Å². The number of anilines is 1. The summed E-state index contributed by atoms with van der Waals surface area (Å²) in [7, 11) is 1.72. The highest BCUT2D eigenvalue weighted by molar-refractivity contribution is 5.41. The first-order valence-corrected chi connectivity index (χ1v) is 4.90. The van der Waals surface area contributed by atoms with Crippen LogP contribution in [0.15, 0.2) is 18.3 Å². The first kappa shape index (κ1) is 11.0. The monoisotopic (exact) mass is 194 g/mol. The van der Waals surface area contributed by atoms with Gasteiger partial charge in [0.05, 0.1) is 11.9 Å². The Labute approximate surface area is 85.5 Å². The number of hydrogen-bond donors (Lipinski definition) is 1. The largest absolute Gasteiger partial charge is 0.385 e. The average molecular weight is 194 g/mol. The lowest BCUT2D eigenvalue weighted by atomic mass is 10.2. The predicted octanol–water partition coefficient (Wildman–Crippen LogP) is 2.23. The zero-order valence-electron chi connectivity index (χ0n) is 9.08. The maximum Gasteiger partial charge on any atom is 0.0529 e. The number of nitrogens with zero attached hydrogens (tertiary/aromatic N) is 1. The van der Waals surface area contributed by atoms with E-state index in [4.69, 9.17) is 4.74 Å². The van der Waals surface area contributed by atoms with Gasteiger partial charge < -0.3 is 10.1 Å². The van der Waals surface area contributed by atoms with E-state index in [0.717, 1.165) is 24.4 Å². The molecule has 1 atom stereocenters. The highest BCUT2D eigenvalue weighted by atomic mass is 16.5. The molecule has 78 valence electrons. The third-order valence-corrected chi connectivity index (χ3v) is 2.08. The molecule has 1 aromatic heterocycles. The van der Waals surface area contributed by atoms with Gasteiger partial charge in [0.25, 0.3) is 0 Å². The van der Waals surface area contributed by atoms with E-state index < -0.39 is 0 Å². The number of aromatic nitrogens is 1. The van der Waals surface area contributed by atoms with Gasteiger partial charge in [-0.3, -0.25) is 4.98 Å². The second-order valence-electron chi connectivity index (χ2n) is 3.52.